The topological polar surface area (TPSA) is 183 Å². The van der Waals surface area contributed by atoms with E-state index >= 15 is 0 Å². The van der Waals surface area contributed by atoms with Crippen molar-refractivity contribution in [3.05, 3.63) is 11.6 Å². The number of hydrogen-bond donors (Lipinski definition) is 5. The molecule has 1 spiro atoms. The number of allylic oxidation sites excluding steroid dienone is 1. The molecule has 5 N–H and O–H groups in total. The molecule has 4 aliphatic heterocycles. The maximum atomic E-state index is 11.8. The fourth-order valence-corrected chi connectivity index (χ4v) is 12.9. The van der Waals surface area contributed by atoms with Gasteiger partial charge in [-0.3, -0.25) is 4.79 Å². The van der Waals surface area contributed by atoms with Crippen molar-refractivity contribution < 1.29 is 63.5 Å². The third-order valence-corrected chi connectivity index (χ3v) is 15.9. The number of rotatable bonds is 5. The van der Waals surface area contributed by atoms with Crippen LogP contribution in [0.5, 0.6) is 0 Å². The summed E-state index contributed by atoms with van der Waals surface area (Å²) in [6.45, 7) is 14.5. The summed E-state index contributed by atoms with van der Waals surface area (Å²) in [4.78, 5) is 11.8. The van der Waals surface area contributed by atoms with Gasteiger partial charge in [-0.05, 0) is 87.4 Å². The van der Waals surface area contributed by atoms with Gasteiger partial charge in [-0.2, -0.15) is 0 Å². The van der Waals surface area contributed by atoms with Crippen molar-refractivity contribution in [2.45, 2.75) is 185 Å². The lowest BCUT2D eigenvalue weighted by Crippen LogP contribution is -2.65. The summed E-state index contributed by atoms with van der Waals surface area (Å²) in [5, 5.41) is 55.4. The first-order valence-electron chi connectivity index (χ1n) is 20.7. The molecule has 0 aromatic rings. The van der Waals surface area contributed by atoms with Gasteiger partial charge in [-0.25, -0.2) is 0 Å². The largest absolute Gasteiger partial charge is 0.457 e. The zero-order chi connectivity index (χ0) is 38.6. The number of ether oxygens (including phenoxy) is 7. The van der Waals surface area contributed by atoms with Crippen molar-refractivity contribution in [1.82, 2.24) is 0 Å². The number of carbonyl (C=O) groups is 1. The highest BCUT2D eigenvalue weighted by Gasteiger charge is 2.69. The minimum Gasteiger partial charge on any atom is -0.457 e. The van der Waals surface area contributed by atoms with Crippen LogP contribution in [0.25, 0.3) is 0 Å². The standard InChI is InChI=1S/C41H64O13/c1-18-10-13-41(48-17-18)19(2)30-28(54-41)16-27-25-9-8-23-14-24(43)15-29(40(23,7)26(25)11-12-39(27,30)6)52-38-36(33(46)31(44)20(3)50-38)53-37-34(47)35(51-22(5)42)32(45)21(4)49-37/h8,18-21,24-38,43-47H,9-17H2,1-7H3. The van der Waals surface area contributed by atoms with Gasteiger partial charge in [0.2, 0.25) is 0 Å². The maximum absolute atomic E-state index is 11.8. The van der Waals surface area contributed by atoms with Crippen LogP contribution in [0, 0.1) is 46.3 Å². The molecule has 54 heavy (non-hydrogen) atoms. The Morgan fingerprint density at radius 2 is 1.56 bits per heavy atom. The van der Waals surface area contributed by atoms with E-state index in [1.54, 1.807) is 13.8 Å². The van der Waals surface area contributed by atoms with Crippen LogP contribution in [0.2, 0.25) is 0 Å². The van der Waals surface area contributed by atoms with E-state index in [0.717, 1.165) is 45.1 Å². The highest BCUT2D eigenvalue weighted by molar-refractivity contribution is 5.66. The van der Waals surface area contributed by atoms with Gasteiger partial charge in [0.1, 0.15) is 30.5 Å². The Labute approximate surface area is 319 Å². The summed E-state index contributed by atoms with van der Waals surface area (Å²) in [5.74, 6) is 1.27. The second-order valence-corrected chi connectivity index (χ2v) is 18.9. The van der Waals surface area contributed by atoms with Gasteiger partial charge in [-0.1, -0.05) is 39.3 Å². The van der Waals surface area contributed by atoms with Gasteiger partial charge >= 0.3 is 5.97 Å². The molecule has 0 radical (unpaired) electrons. The average molecular weight is 765 g/mol. The van der Waals surface area contributed by atoms with E-state index in [9.17, 15) is 30.3 Å². The van der Waals surface area contributed by atoms with Crippen molar-refractivity contribution >= 4 is 5.97 Å². The normalized spacial score (nSPS) is 57.0. The van der Waals surface area contributed by atoms with Gasteiger partial charge in [0.15, 0.2) is 24.5 Å². The molecule has 22 unspecified atom stereocenters. The van der Waals surface area contributed by atoms with Crippen LogP contribution in [0.15, 0.2) is 11.6 Å². The Morgan fingerprint density at radius 1 is 0.833 bits per heavy atom. The molecule has 13 nitrogen and oxygen atoms in total. The average Bonchev–Trinajstić information content (AvgIpc) is 3.56. The smallest absolute Gasteiger partial charge is 0.303 e. The van der Waals surface area contributed by atoms with Gasteiger partial charge in [-0.15, -0.1) is 0 Å². The summed E-state index contributed by atoms with van der Waals surface area (Å²) in [7, 11) is 0. The molecule has 22 atom stereocenters. The lowest BCUT2D eigenvalue weighted by atomic mass is 9.46. The zero-order valence-corrected chi connectivity index (χ0v) is 32.9. The lowest BCUT2D eigenvalue weighted by Gasteiger charge is -2.60. The van der Waals surface area contributed by atoms with E-state index in [4.69, 9.17) is 33.2 Å². The first kappa shape index (κ1) is 39.6. The quantitative estimate of drug-likeness (QED) is 0.204. The second-order valence-electron chi connectivity index (χ2n) is 18.9. The number of esters is 1. The van der Waals surface area contributed by atoms with E-state index in [1.807, 2.05) is 0 Å². The van der Waals surface area contributed by atoms with Crippen LogP contribution < -0.4 is 0 Å². The zero-order valence-electron chi connectivity index (χ0n) is 32.9. The minimum atomic E-state index is -1.61. The molecule has 8 rings (SSSR count). The third kappa shape index (κ3) is 6.17. The van der Waals surface area contributed by atoms with Crippen LogP contribution in [0.1, 0.15) is 99.8 Å². The van der Waals surface area contributed by atoms with Crippen molar-refractivity contribution in [1.29, 1.82) is 0 Å². The highest BCUT2D eigenvalue weighted by Crippen LogP contribution is 2.71. The molecule has 8 aliphatic rings. The monoisotopic (exact) mass is 764 g/mol. The Bertz CT molecular complexity index is 1430. The Kier molecular flexibility index (Phi) is 10.4. The Balaban J connectivity index is 1.05. The molecule has 3 saturated carbocycles. The van der Waals surface area contributed by atoms with Crippen LogP contribution in [-0.2, 0) is 38.0 Å². The van der Waals surface area contributed by atoms with Gasteiger partial charge in [0.05, 0.1) is 37.1 Å². The van der Waals surface area contributed by atoms with E-state index in [2.05, 4.69) is 33.8 Å². The number of hydrogen-bond acceptors (Lipinski definition) is 13. The molecule has 7 fully saturated rings. The van der Waals surface area contributed by atoms with E-state index in [-0.39, 0.29) is 17.4 Å². The predicted octanol–water partition coefficient (Wildman–Crippen LogP) is 2.96. The van der Waals surface area contributed by atoms with Crippen molar-refractivity contribution in [2.75, 3.05) is 6.61 Å². The molecular formula is C41H64O13. The van der Waals surface area contributed by atoms with Gasteiger partial charge in [0.25, 0.3) is 0 Å². The SMILES string of the molecule is CC(=O)OC1C(O)C(C)OC(OC2C(OC3CC(O)CC4=CCC5C6CC7OC8(CCC(C)CO8)C(C)C7C6(C)CCC5C43C)OC(C)C(O)C2O)C1O. The molecule has 0 aromatic carbocycles. The molecule has 4 aliphatic carbocycles. The van der Waals surface area contributed by atoms with Crippen LogP contribution in [0.3, 0.4) is 0 Å². The predicted molar refractivity (Wildman–Crippen MR) is 191 cm³/mol. The highest BCUT2D eigenvalue weighted by atomic mass is 16.8. The van der Waals surface area contributed by atoms with Crippen LogP contribution in [-0.4, -0.2) is 124 Å². The number of carbonyl (C=O) groups excluding carboxylic acids is 1. The van der Waals surface area contributed by atoms with Crippen molar-refractivity contribution in [3.63, 3.8) is 0 Å². The fourth-order valence-electron chi connectivity index (χ4n) is 12.9. The van der Waals surface area contributed by atoms with E-state index in [0.29, 0.717) is 42.4 Å². The summed E-state index contributed by atoms with van der Waals surface area (Å²) in [5.41, 5.74) is 0.849. The molecule has 4 saturated heterocycles. The van der Waals surface area contributed by atoms with E-state index in [1.165, 1.54) is 12.5 Å². The van der Waals surface area contributed by atoms with Crippen molar-refractivity contribution in [3.8, 4) is 0 Å². The number of aliphatic hydroxyl groups excluding tert-OH is 5. The van der Waals surface area contributed by atoms with Gasteiger partial charge in [0, 0.05) is 31.1 Å². The fraction of sp³-hybridized carbons (Fsp3) is 0.927. The second kappa shape index (κ2) is 14.2. The molecule has 0 aromatic heterocycles. The number of aliphatic hydroxyl groups is 5. The first-order valence-corrected chi connectivity index (χ1v) is 20.7. The summed E-state index contributed by atoms with van der Waals surface area (Å²) >= 11 is 0. The Morgan fingerprint density at radius 3 is 2.26 bits per heavy atom. The first-order chi connectivity index (χ1) is 25.5. The lowest BCUT2D eigenvalue weighted by molar-refractivity contribution is -0.371. The van der Waals surface area contributed by atoms with Crippen LogP contribution in [0.4, 0.5) is 0 Å². The van der Waals surface area contributed by atoms with Gasteiger partial charge < -0.3 is 58.7 Å². The summed E-state index contributed by atoms with van der Waals surface area (Å²) in [6, 6.07) is 0. The number of fused-ring (bicyclic) bond motifs is 7. The molecule has 306 valence electrons. The van der Waals surface area contributed by atoms with E-state index < -0.39 is 90.8 Å². The molecule has 4 heterocycles. The van der Waals surface area contributed by atoms with Crippen molar-refractivity contribution in [2.24, 2.45) is 46.3 Å². The Hall–Kier alpha value is -1.23. The van der Waals surface area contributed by atoms with Crippen LogP contribution >= 0.6 is 0 Å². The third-order valence-electron chi connectivity index (χ3n) is 15.9. The summed E-state index contributed by atoms with van der Waals surface area (Å²) < 4.78 is 43.9. The summed E-state index contributed by atoms with van der Waals surface area (Å²) in [6.07, 6.45) is -4.40. The molecule has 13 heteroatoms. The minimum absolute atomic E-state index is 0.115. The molecule has 0 bridgehead atoms. The molecular weight excluding hydrogens is 700 g/mol. The maximum Gasteiger partial charge on any atom is 0.303 e. The molecule has 0 amide bonds.